The van der Waals surface area contributed by atoms with Crippen LogP contribution < -0.4 is 10.1 Å². The molecule has 0 aliphatic heterocycles. The van der Waals surface area contributed by atoms with Crippen molar-refractivity contribution in [3.8, 4) is 17.5 Å². The molecule has 1 heterocycles. The monoisotopic (exact) mass is 515 g/mol. The van der Waals surface area contributed by atoms with Crippen molar-refractivity contribution in [3.63, 3.8) is 0 Å². The Bertz CT molecular complexity index is 1450. The van der Waals surface area contributed by atoms with E-state index in [1.807, 2.05) is 74.5 Å². The van der Waals surface area contributed by atoms with E-state index in [-0.39, 0.29) is 5.57 Å². The maximum Gasteiger partial charge on any atom is 0.266 e. The number of aryl methyl sites for hydroxylation is 1. The highest BCUT2D eigenvalue weighted by atomic mass is 35.5. The zero-order valence-corrected chi connectivity index (χ0v) is 21.3. The average Bonchev–Trinajstić information content (AvgIpc) is 3.16. The Balaban J connectivity index is 1.50. The fourth-order valence-corrected chi connectivity index (χ4v) is 4.06. The van der Waals surface area contributed by atoms with E-state index in [0.717, 1.165) is 34.0 Å². The summed E-state index contributed by atoms with van der Waals surface area (Å²) in [5.74, 6) is 0.272. The van der Waals surface area contributed by atoms with Gasteiger partial charge in [0.05, 0.1) is 0 Å². The van der Waals surface area contributed by atoms with Gasteiger partial charge in [0.1, 0.15) is 24.0 Å². The first kappa shape index (κ1) is 25.1. The van der Waals surface area contributed by atoms with E-state index in [1.54, 1.807) is 30.3 Å². The number of nitrogens with one attached hydrogen (secondary N) is 1. The van der Waals surface area contributed by atoms with Gasteiger partial charge >= 0.3 is 0 Å². The molecule has 180 valence electrons. The Morgan fingerprint density at radius 1 is 0.972 bits per heavy atom. The maximum atomic E-state index is 12.7. The molecule has 1 N–H and O–H groups in total. The first-order valence-corrected chi connectivity index (χ1v) is 11.9. The normalized spacial score (nSPS) is 11.1. The highest BCUT2D eigenvalue weighted by Crippen LogP contribution is 2.25. The minimum Gasteiger partial charge on any atom is -0.489 e. The second-order valence-electron chi connectivity index (χ2n) is 8.20. The molecule has 1 aromatic heterocycles. The summed E-state index contributed by atoms with van der Waals surface area (Å²) in [7, 11) is 0. The number of rotatable bonds is 7. The molecule has 0 aliphatic carbocycles. The molecule has 36 heavy (non-hydrogen) atoms. The zero-order chi connectivity index (χ0) is 25.7. The third-order valence-electron chi connectivity index (χ3n) is 5.65. The molecule has 1 amide bonds. The Labute approximate surface area is 220 Å². The molecule has 0 unspecified atom stereocenters. The minimum atomic E-state index is -0.480. The second-order valence-corrected chi connectivity index (χ2v) is 9.07. The van der Waals surface area contributed by atoms with Gasteiger partial charge in [0.25, 0.3) is 5.91 Å². The molecular formula is C29H23Cl2N3O2. The van der Waals surface area contributed by atoms with Crippen LogP contribution in [-0.2, 0) is 11.4 Å². The van der Waals surface area contributed by atoms with E-state index in [1.165, 1.54) is 0 Å². The quantitative estimate of drug-likeness (QED) is 0.204. The number of ether oxygens (including phenoxy) is 1. The van der Waals surface area contributed by atoms with Crippen LogP contribution in [0.1, 0.15) is 22.5 Å². The molecule has 3 aromatic carbocycles. The lowest BCUT2D eigenvalue weighted by Crippen LogP contribution is -2.13. The summed E-state index contributed by atoms with van der Waals surface area (Å²) in [5, 5.41) is 13.6. The van der Waals surface area contributed by atoms with Crippen molar-refractivity contribution in [1.29, 1.82) is 5.26 Å². The van der Waals surface area contributed by atoms with Crippen molar-refractivity contribution < 1.29 is 9.53 Å². The van der Waals surface area contributed by atoms with Crippen LogP contribution in [0.2, 0.25) is 10.0 Å². The maximum absolute atomic E-state index is 12.7. The van der Waals surface area contributed by atoms with Crippen LogP contribution in [0.3, 0.4) is 0 Å². The van der Waals surface area contributed by atoms with Gasteiger partial charge in [-0.1, -0.05) is 35.3 Å². The number of carbonyl (C=O) groups is 1. The lowest BCUT2D eigenvalue weighted by atomic mass is 10.1. The van der Waals surface area contributed by atoms with E-state index >= 15 is 0 Å². The number of hydrogen-bond donors (Lipinski definition) is 1. The highest BCUT2D eigenvalue weighted by molar-refractivity contribution is 6.30. The molecule has 0 saturated carbocycles. The molecule has 0 spiro atoms. The van der Waals surface area contributed by atoms with Gasteiger partial charge < -0.3 is 14.6 Å². The summed E-state index contributed by atoms with van der Waals surface area (Å²) in [6.45, 7) is 4.38. The smallest absolute Gasteiger partial charge is 0.266 e. The Kier molecular flexibility index (Phi) is 7.80. The largest absolute Gasteiger partial charge is 0.489 e. The molecule has 4 aromatic rings. The molecule has 0 atom stereocenters. The van der Waals surface area contributed by atoms with E-state index in [2.05, 4.69) is 9.88 Å². The Morgan fingerprint density at radius 2 is 1.58 bits per heavy atom. The summed E-state index contributed by atoms with van der Waals surface area (Å²) in [4.78, 5) is 12.7. The summed E-state index contributed by atoms with van der Waals surface area (Å²) < 4.78 is 7.96. The SMILES string of the molecule is Cc1cc(/C=C(\C#N)C(=O)Nc2ccc(Cl)cc2)c(C)n1-c1ccc(OCc2ccc(Cl)cc2)cc1. The van der Waals surface area contributed by atoms with E-state index < -0.39 is 5.91 Å². The van der Waals surface area contributed by atoms with Gasteiger partial charge in [-0.3, -0.25) is 4.79 Å². The van der Waals surface area contributed by atoms with Crippen molar-refractivity contribution in [1.82, 2.24) is 4.57 Å². The number of hydrogen-bond acceptors (Lipinski definition) is 3. The molecule has 0 bridgehead atoms. The molecule has 0 aliphatic rings. The van der Waals surface area contributed by atoms with Crippen molar-refractivity contribution in [2.45, 2.75) is 20.5 Å². The van der Waals surface area contributed by atoms with Crippen LogP contribution in [0.5, 0.6) is 5.75 Å². The number of halogens is 2. The topological polar surface area (TPSA) is 67.0 Å². The standard InChI is InChI=1S/C29H23Cl2N3O2/c1-19-15-22(16-23(17-32)29(35)33-26-9-7-25(31)8-10-26)20(2)34(19)27-11-13-28(14-12-27)36-18-21-3-5-24(30)6-4-21/h3-16H,18H2,1-2H3,(H,33,35)/b23-16+. The van der Waals surface area contributed by atoms with Gasteiger partial charge in [0.2, 0.25) is 0 Å². The van der Waals surface area contributed by atoms with E-state index in [4.69, 9.17) is 27.9 Å². The summed E-state index contributed by atoms with van der Waals surface area (Å²) in [5.41, 5.74) is 5.24. The third kappa shape index (κ3) is 5.98. The summed E-state index contributed by atoms with van der Waals surface area (Å²) >= 11 is 11.8. The summed E-state index contributed by atoms with van der Waals surface area (Å²) in [6.07, 6.45) is 1.60. The number of nitriles is 1. The predicted molar refractivity (Wildman–Crippen MR) is 145 cm³/mol. The van der Waals surface area contributed by atoms with Crippen LogP contribution in [-0.4, -0.2) is 10.5 Å². The fraction of sp³-hybridized carbons (Fsp3) is 0.103. The molecule has 7 heteroatoms. The Hall–Kier alpha value is -3.98. The molecule has 0 saturated heterocycles. The molecule has 0 radical (unpaired) electrons. The van der Waals surface area contributed by atoms with Crippen molar-refractivity contribution in [2.75, 3.05) is 5.32 Å². The lowest BCUT2D eigenvalue weighted by molar-refractivity contribution is -0.112. The molecule has 0 fully saturated rings. The van der Waals surface area contributed by atoms with Crippen LogP contribution >= 0.6 is 23.2 Å². The number of aromatic nitrogens is 1. The van der Waals surface area contributed by atoms with Crippen molar-refractivity contribution in [2.24, 2.45) is 0 Å². The first-order chi connectivity index (χ1) is 17.3. The van der Waals surface area contributed by atoms with Gasteiger partial charge in [-0.15, -0.1) is 0 Å². The second kappa shape index (κ2) is 11.2. The van der Waals surface area contributed by atoms with Gasteiger partial charge in [0.15, 0.2) is 0 Å². The van der Waals surface area contributed by atoms with Gasteiger partial charge in [-0.25, -0.2) is 0 Å². The lowest BCUT2D eigenvalue weighted by Gasteiger charge is -2.12. The van der Waals surface area contributed by atoms with E-state index in [0.29, 0.717) is 22.3 Å². The molecular weight excluding hydrogens is 493 g/mol. The van der Waals surface area contributed by atoms with Crippen molar-refractivity contribution in [3.05, 3.63) is 117 Å². The first-order valence-electron chi connectivity index (χ1n) is 11.2. The van der Waals surface area contributed by atoms with Crippen LogP contribution in [0.4, 0.5) is 5.69 Å². The minimum absolute atomic E-state index is 0.0103. The molecule has 4 rings (SSSR count). The van der Waals surface area contributed by atoms with Crippen LogP contribution in [0.25, 0.3) is 11.8 Å². The Morgan fingerprint density at radius 3 is 2.19 bits per heavy atom. The van der Waals surface area contributed by atoms with Gasteiger partial charge in [0, 0.05) is 32.8 Å². The summed E-state index contributed by atoms with van der Waals surface area (Å²) in [6, 6.07) is 26.0. The number of anilines is 1. The number of amides is 1. The van der Waals surface area contributed by atoms with Crippen LogP contribution in [0, 0.1) is 25.2 Å². The number of carbonyl (C=O) groups excluding carboxylic acids is 1. The average molecular weight is 516 g/mol. The number of nitrogens with zero attached hydrogens (tertiary/aromatic N) is 2. The number of benzene rings is 3. The van der Waals surface area contributed by atoms with Crippen LogP contribution in [0.15, 0.2) is 84.4 Å². The highest BCUT2D eigenvalue weighted by Gasteiger charge is 2.14. The zero-order valence-electron chi connectivity index (χ0n) is 19.8. The van der Waals surface area contributed by atoms with Gasteiger partial charge in [-0.05, 0) is 97.8 Å². The van der Waals surface area contributed by atoms with Crippen molar-refractivity contribution >= 4 is 40.9 Å². The van der Waals surface area contributed by atoms with Gasteiger partial charge in [-0.2, -0.15) is 5.26 Å². The predicted octanol–water partition coefficient (Wildman–Crippen LogP) is 7.53. The van der Waals surface area contributed by atoms with E-state index in [9.17, 15) is 10.1 Å². The molecule has 5 nitrogen and oxygen atoms in total. The third-order valence-corrected chi connectivity index (χ3v) is 6.15. The fourth-order valence-electron chi connectivity index (χ4n) is 3.81.